The molecule has 0 amide bonds. The topological polar surface area (TPSA) is 57.9 Å². The zero-order valence-electron chi connectivity index (χ0n) is 15.0. The summed E-state index contributed by atoms with van der Waals surface area (Å²) in [6, 6.07) is 17.5. The van der Waals surface area contributed by atoms with Crippen molar-refractivity contribution in [1.29, 1.82) is 0 Å². The molecule has 3 heterocycles. The molecule has 0 N–H and O–H groups in total. The number of sulfonamides is 1. The molecule has 2 aromatic heterocycles. The number of pyridine rings is 1. The molecular formula is C20H22N4O2S. The molecule has 1 saturated heterocycles. The van der Waals surface area contributed by atoms with E-state index in [1.807, 2.05) is 59.2 Å². The van der Waals surface area contributed by atoms with E-state index < -0.39 is 10.0 Å². The van der Waals surface area contributed by atoms with Crippen molar-refractivity contribution in [2.24, 2.45) is 0 Å². The molecule has 6 nitrogen and oxygen atoms in total. The normalized spacial score (nSPS) is 17.0. The van der Waals surface area contributed by atoms with Crippen molar-refractivity contribution in [3.63, 3.8) is 0 Å². The Morgan fingerprint density at radius 3 is 2.44 bits per heavy atom. The van der Waals surface area contributed by atoms with Gasteiger partial charge in [0, 0.05) is 44.3 Å². The maximum absolute atomic E-state index is 12.5. The van der Waals surface area contributed by atoms with Gasteiger partial charge in [0.25, 0.3) is 0 Å². The largest absolute Gasteiger partial charge is 0.295 e. The van der Waals surface area contributed by atoms with Crippen LogP contribution in [-0.2, 0) is 16.6 Å². The molecule has 0 bridgehead atoms. The lowest BCUT2D eigenvalue weighted by atomic mass is 10.2. The highest BCUT2D eigenvalue weighted by Gasteiger charge is 2.25. The van der Waals surface area contributed by atoms with Gasteiger partial charge in [0.05, 0.1) is 11.2 Å². The predicted octanol–water partition coefficient (Wildman–Crippen LogP) is 2.45. The second kappa shape index (κ2) is 7.64. The van der Waals surface area contributed by atoms with Gasteiger partial charge in [-0.1, -0.05) is 36.4 Å². The number of hydrogen-bond acceptors (Lipinski definition) is 4. The Hall–Kier alpha value is -2.48. The van der Waals surface area contributed by atoms with Crippen LogP contribution < -0.4 is 0 Å². The van der Waals surface area contributed by atoms with Gasteiger partial charge in [-0.2, -0.15) is 9.40 Å². The number of piperazine rings is 1. The maximum Gasteiger partial charge on any atom is 0.236 e. The highest BCUT2D eigenvalue weighted by molar-refractivity contribution is 7.92. The summed E-state index contributed by atoms with van der Waals surface area (Å²) in [5.41, 5.74) is 2.95. The number of benzene rings is 1. The first kappa shape index (κ1) is 17.9. The van der Waals surface area contributed by atoms with Gasteiger partial charge in [-0.05, 0) is 29.8 Å². The molecule has 0 unspecified atom stereocenters. The van der Waals surface area contributed by atoms with Crippen LogP contribution in [0.25, 0.3) is 11.6 Å². The van der Waals surface area contributed by atoms with Crippen LogP contribution in [0.15, 0.2) is 66.2 Å². The number of aromatic nitrogens is 2. The fourth-order valence-electron chi connectivity index (χ4n) is 3.25. The monoisotopic (exact) mass is 382 g/mol. The van der Waals surface area contributed by atoms with Gasteiger partial charge in [0.2, 0.25) is 10.0 Å². The van der Waals surface area contributed by atoms with Gasteiger partial charge in [-0.3, -0.25) is 4.90 Å². The Morgan fingerprint density at radius 2 is 1.70 bits per heavy atom. The van der Waals surface area contributed by atoms with E-state index in [1.165, 1.54) is 5.41 Å². The lowest BCUT2D eigenvalue weighted by Crippen LogP contribution is -2.47. The SMILES string of the molecule is O=S(=O)(/C=C/c1ccccc1)N1CCN(Cc2cc3ccccn3n2)CC1. The Balaban J connectivity index is 1.36. The van der Waals surface area contributed by atoms with E-state index in [0.717, 1.165) is 23.3 Å². The Bertz CT molecular complexity index is 1000. The second-order valence-corrected chi connectivity index (χ2v) is 8.46. The van der Waals surface area contributed by atoms with Gasteiger partial charge in [-0.25, -0.2) is 12.9 Å². The average Bonchev–Trinajstić information content (AvgIpc) is 3.10. The number of rotatable bonds is 5. The third-order valence-corrected chi connectivity index (χ3v) is 6.29. The Kier molecular flexibility index (Phi) is 5.07. The summed E-state index contributed by atoms with van der Waals surface area (Å²) in [4.78, 5) is 2.24. The molecule has 4 rings (SSSR count). The van der Waals surface area contributed by atoms with Crippen molar-refractivity contribution in [1.82, 2.24) is 18.8 Å². The highest BCUT2D eigenvalue weighted by atomic mass is 32.2. The molecule has 1 aliphatic rings. The highest BCUT2D eigenvalue weighted by Crippen LogP contribution is 2.14. The van der Waals surface area contributed by atoms with Crippen LogP contribution in [0, 0.1) is 0 Å². The van der Waals surface area contributed by atoms with E-state index in [0.29, 0.717) is 26.2 Å². The van der Waals surface area contributed by atoms with Gasteiger partial charge in [0.1, 0.15) is 0 Å². The van der Waals surface area contributed by atoms with Crippen LogP contribution in [-0.4, -0.2) is 53.4 Å². The van der Waals surface area contributed by atoms with E-state index in [4.69, 9.17) is 0 Å². The standard InChI is InChI=1S/C20H22N4O2S/c25-27(26,15-9-18-6-2-1-3-7-18)23-13-11-22(12-14-23)17-19-16-20-8-4-5-10-24(20)21-19/h1-10,15-16H,11-14,17H2/b15-9+. The van der Waals surface area contributed by atoms with Crippen LogP contribution in [0.3, 0.4) is 0 Å². The van der Waals surface area contributed by atoms with Crippen molar-refractivity contribution in [2.75, 3.05) is 26.2 Å². The van der Waals surface area contributed by atoms with E-state index in [2.05, 4.69) is 16.1 Å². The Morgan fingerprint density at radius 1 is 0.963 bits per heavy atom. The minimum absolute atomic E-state index is 0.495. The summed E-state index contributed by atoms with van der Waals surface area (Å²) in [6.07, 6.45) is 3.58. The number of hydrogen-bond donors (Lipinski definition) is 0. The molecule has 0 saturated carbocycles. The average molecular weight is 382 g/mol. The fraction of sp³-hybridized carbons (Fsp3) is 0.250. The molecule has 0 spiro atoms. The van der Waals surface area contributed by atoms with Gasteiger partial charge in [0.15, 0.2) is 0 Å². The smallest absolute Gasteiger partial charge is 0.236 e. The summed E-state index contributed by atoms with van der Waals surface area (Å²) in [5, 5.41) is 5.88. The van der Waals surface area contributed by atoms with Crippen LogP contribution in [0.4, 0.5) is 0 Å². The molecule has 1 fully saturated rings. The summed E-state index contributed by atoms with van der Waals surface area (Å²) in [6.45, 7) is 3.12. The van der Waals surface area contributed by atoms with E-state index in [-0.39, 0.29) is 0 Å². The first-order valence-electron chi connectivity index (χ1n) is 8.99. The Labute approximate surface area is 159 Å². The zero-order valence-corrected chi connectivity index (χ0v) is 15.8. The minimum atomic E-state index is -3.39. The van der Waals surface area contributed by atoms with Crippen molar-refractivity contribution >= 4 is 21.6 Å². The third-order valence-electron chi connectivity index (χ3n) is 4.73. The van der Waals surface area contributed by atoms with Gasteiger partial charge < -0.3 is 0 Å². The lowest BCUT2D eigenvalue weighted by molar-refractivity contribution is 0.181. The first-order chi connectivity index (χ1) is 13.1. The summed E-state index contributed by atoms with van der Waals surface area (Å²) in [5.74, 6) is 0. The van der Waals surface area contributed by atoms with E-state index >= 15 is 0 Å². The quantitative estimate of drug-likeness (QED) is 0.680. The van der Waals surface area contributed by atoms with Crippen molar-refractivity contribution in [3.8, 4) is 0 Å². The van der Waals surface area contributed by atoms with Gasteiger partial charge in [-0.15, -0.1) is 0 Å². The lowest BCUT2D eigenvalue weighted by Gasteiger charge is -2.32. The minimum Gasteiger partial charge on any atom is -0.295 e. The molecule has 1 aliphatic heterocycles. The van der Waals surface area contributed by atoms with E-state index in [9.17, 15) is 8.42 Å². The van der Waals surface area contributed by atoms with Crippen LogP contribution in [0.1, 0.15) is 11.3 Å². The number of nitrogens with zero attached hydrogens (tertiary/aromatic N) is 4. The van der Waals surface area contributed by atoms with Crippen molar-refractivity contribution in [3.05, 3.63) is 77.5 Å². The molecular weight excluding hydrogens is 360 g/mol. The number of fused-ring (bicyclic) bond motifs is 1. The molecule has 0 aliphatic carbocycles. The summed E-state index contributed by atoms with van der Waals surface area (Å²) in [7, 11) is -3.39. The van der Waals surface area contributed by atoms with Crippen molar-refractivity contribution in [2.45, 2.75) is 6.54 Å². The third kappa shape index (κ3) is 4.27. The molecule has 27 heavy (non-hydrogen) atoms. The molecule has 0 radical (unpaired) electrons. The zero-order chi connectivity index (χ0) is 18.7. The van der Waals surface area contributed by atoms with Gasteiger partial charge >= 0.3 is 0 Å². The molecule has 3 aromatic rings. The second-order valence-electron chi connectivity index (χ2n) is 6.64. The van der Waals surface area contributed by atoms with Crippen LogP contribution >= 0.6 is 0 Å². The molecule has 1 aromatic carbocycles. The van der Waals surface area contributed by atoms with Crippen molar-refractivity contribution < 1.29 is 8.42 Å². The molecule has 140 valence electrons. The molecule has 0 atom stereocenters. The maximum atomic E-state index is 12.5. The summed E-state index contributed by atoms with van der Waals surface area (Å²) >= 11 is 0. The predicted molar refractivity (Wildman–Crippen MR) is 106 cm³/mol. The first-order valence-corrected chi connectivity index (χ1v) is 10.5. The molecule has 7 heteroatoms. The van der Waals surface area contributed by atoms with Crippen LogP contribution in [0.2, 0.25) is 0 Å². The summed E-state index contributed by atoms with van der Waals surface area (Å²) < 4.78 is 28.5. The van der Waals surface area contributed by atoms with Crippen LogP contribution in [0.5, 0.6) is 0 Å². The fourth-order valence-corrected chi connectivity index (χ4v) is 4.43. The van der Waals surface area contributed by atoms with E-state index in [1.54, 1.807) is 10.4 Å².